The van der Waals surface area contributed by atoms with Crippen molar-refractivity contribution in [3.05, 3.63) is 54.0 Å². The zero-order valence-corrected chi connectivity index (χ0v) is 16.8. The van der Waals surface area contributed by atoms with Gasteiger partial charge in [-0.05, 0) is 43.0 Å². The molecule has 1 atom stereocenters. The first-order valence-electron chi connectivity index (χ1n) is 10.3. The fourth-order valence-electron chi connectivity index (χ4n) is 3.87. The Kier molecular flexibility index (Phi) is 5.74. The van der Waals surface area contributed by atoms with Crippen molar-refractivity contribution in [3.63, 3.8) is 0 Å². The Morgan fingerprint density at radius 3 is 2.72 bits per heavy atom. The van der Waals surface area contributed by atoms with E-state index in [4.69, 9.17) is 0 Å². The zero-order chi connectivity index (χ0) is 20.2. The van der Waals surface area contributed by atoms with Gasteiger partial charge in [-0.1, -0.05) is 12.5 Å². The number of pyridine rings is 2. The number of aromatic nitrogens is 2. The van der Waals surface area contributed by atoms with Gasteiger partial charge in [0.2, 0.25) is 5.91 Å². The maximum Gasteiger partial charge on any atom is 0.255 e. The average Bonchev–Trinajstić information content (AvgIpc) is 3.21. The molecule has 2 fully saturated rings. The number of carbonyl (C=O) groups excluding carboxylic acids is 2. The molecule has 2 aliphatic rings. The highest BCUT2D eigenvalue weighted by atomic mass is 16.2. The quantitative estimate of drug-likeness (QED) is 0.816. The fourth-order valence-corrected chi connectivity index (χ4v) is 3.87. The second-order valence-electron chi connectivity index (χ2n) is 7.92. The molecule has 1 saturated carbocycles. The summed E-state index contributed by atoms with van der Waals surface area (Å²) in [7, 11) is 1.88. The van der Waals surface area contributed by atoms with Crippen LogP contribution in [0.15, 0.2) is 42.9 Å². The smallest absolute Gasteiger partial charge is 0.255 e. The minimum atomic E-state index is -0.0247. The van der Waals surface area contributed by atoms with Crippen molar-refractivity contribution in [2.75, 3.05) is 25.5 Å². The van der Waals surface area contributed by atoms with Gasteiger partial charge in [-0.3, -0.25) is 14.6 Å². The molecule has 0 aromatic carbocycles. The summed E-state index contributed by atoms with van der Waals surface area (Å²) in [6.07, 6.45) is 9.16. The molecule has 2 amide bonds. The SMILES string of the molecule is CN(C(=O)C1CCC1)[C@H]1CCN(C(=O)c2ccc(NCc3cccnc3)nc2)C1. The second kappa shape index (κ2) is 8.59. The number of carbonyl (C=O) groups is 2. The first-order valence-corrected chi connectivity index (χ1v) is 10.3. The summed E-state index contributed by atoms with van der Waals surface area (Å²) in [4.78, 5) is 37.4. The number of nitrogens with one attached hydrogen (secondary N) is 1. The number of hydrogen-bond donors (Lipinski definition) is 1. The number of rotatable bonds is 6. The van der Waals surface area contributed by atoms with Crippen LogP contribution in [-0.4, -0.2) is 57.8 Å². The highest BCUT2D eigenvalue weighted by molar-refractivity contribution is 5.94. The first-order chi connectivity index (χ1) is 14.1. The third-order valence-corrected chi connectivity index (χ3v) is 6.01. The maximum atomic E-state index is 12.8. The summed E-state index contributed by atoms with van der Waals surface area (Å²) in [6, 6.07) is 7.63. The molecule has 1 aliphatic carbocycles. The lowest BCUT2D eigenvalue weighted by molar-refractivity contribution is -0.138. The average molecular weight is 393 g/mol. The van der Waals surface area contributed by atoms with Crippen LogP contribution < -0.4 is 5.32 Å². The molecule has 2 aromatic heterocycles. The molecule has 2 aromatic rings. The molecule has 0 unspecified atom stereocenters. The van der Waals surface area contributed by atoms with Crippen LogP contribution in [0.5, 0.6) is 0 Å². The fraction of sp³-hybridized carbons (Fsp3) is 0.455. The Morgan fingerprint density at radius 1 is 1.21 bits per heavy atom. The highest BCUT2D eigenvalue weighted by Crippen LogP contribution is 2.29. The van der Waals surface area contributed by atoms with Gasteiger partial charge >= 0.3 is 0 Å². The highest BCUT2D eigenvalue weighted by Gasteiger charge is 2.35. The predicted octanol–water partition coefficient (Wildman–Crippen LogP) is 2.56. The predicted molar refractivity (Wildman–Crippen MR) is 110 cm³/mol. The summed E-state index contributed by atoms with van der Waals surface area (Å²) >= 11 is 0. The summed E-state index contributed by atoms with van der Waals surface area (Å²) in [5, 5.41) is 3.23. The number of hydrogen-bond acceptors (Lipinski definition) is 5. The summed E-state index contributed by atoms with van der Waals surface area (Å²) in [5.74, 6) is 1.13. The van der Waals surface area contributed by atoms with Gasteiger partial charge in [0, 0.05) is 51.2 Å². The molecular formula is C22H27N5O2. The van der Waals surface area contributed by atoms with Crippen molar-refractivity contribution in [1.29, 1.82) is 0 Å². The number of amides is 2. The van der Waals surface area contributed by atoms with Gasteiger partial charge in [0.15, 0.2) is 0 Å². The van der Waals surface area contributed by atoms with E-state index >= 15 is 0 Å². The van der Waals surface area contributed by atoms with Gasteiger partial charge < -0.3 is 15.1 Å². The largest absolute Gasteiger partial charge is 0.366 e. The summed E-state index contributed by atoms with van der Waals surface area (Å²) < 4.78 is 0. The van der Waals surface area contributed by atoms with E-state index in [-0.39, 0.29) is 23.8 Å². The lowest BCUT2D eigenvalue weighted by Crippen LogP contribution is -2.44. The molecule has 0 radical (unpaired) electrons. The van der Waals surface area contributed by atoms with E-state index in [1.54, 1.807) is 24.7 Å². The Labute approximate surface area is 171 Å². The molecule has 1 aliphatic heterocycles. The molecular weight excluding hydrogens is 366 g/mol. The van der Waals surface area contributed by atoms with E-state index in [9.17, 15) is 9.59 Å². The molecule has 4 rings (SSSR count). The Bertz CT molecular complexity index is 851. The van der Waals surface area contributed by atoms with Crippen LogP contribution in [0.1, 0.15) is 41.6 Å². The van der Waals surface area contributed by atoms with Crippen LogP contribution in [0.25, 0.3) is 0 Å². The molecule has 7 nitrogen and oxygen atoms in total. The normalized spacial score (nSPS) is 18.9. The molecule has 7 heteroatoms. The summed E-state index contributed by atoms with van der Waals surface area (Å²) in [5.41, 5.74) is 1.64. The zero-order valence-electron chi connectivity index (χ0n) is 16.8. The van der Waals surface area contributed by atoms with Crippen LogP contribution in [0.2, 0.25) is 0 Å². The van der Waals surface area contributed by atoms with Crippen LogP contribution in [0.3, 0.4) is 0 Å². The van der Waals surface area contributed by atoms with Crippen LogP contribution >= 0.6 is 0 Å². The monoisotopic (exact) mass is 393 g/mol. The number of nitrogens with zero attached hydrogens (tertiary/aromatic N) is 4. The van der Waals surface area contributed by atoms with Crippen molar-refractivity contribution < 1.29 is 9.59 Å². The molecule has 152 valence electrons. The van der Waals surface area contributed by atoms with E-state index in [0.29, 0.717) is 25.2 Å². The molecule has 3 heterocycles. The molecule has 1 N–H and O–H groups in total. The van der Waals surface area contributed by atoms with Crippen molar-refractivity contribution in [2.24, 2.45) is 5.92 Å². The minimum Gasteiger partial charge on any atom is -0.366 e. The Morgan fingerprint density at radius 2 is 2.07 bits per heavy atom. The van der Waals surface area contributed by atoms with Gasteiger partial charge in [0.05, 0.1) is 11.6 Å². The van der Waals surface area contributed by atoms with Crippen LogP contribution in [0, 0.1) is 5.92 Å². The van der Waals surface area contributed by atoms with Gasteiger partial charge in [0.1, 0.15) is 5.82 Å². The van der Waals surface area contributed by atoms with E-state index in [1.807, 2.05) is 35.0 Å². The van der Waals surface area contributed by atoms with Crippen molar-refractivity contribution in [2.45, 2.75) is 38.3 Å². The molecule has 0 spiro atoms. The van der Waals surface area contributed by atoms with Gasteiger partial charge in [-0.2, -0.15) is 0 Å². The topological polar surface area (TPSA) is 78.4 Å². The summed E-state index contributed by atoms with van der Waals surface area (Å²) in [6.45, 7) is 1.89. The van der Waals surface area contributed by atoms with Gasteiger partial charge in [0.25, 0.3) is 5.91 Å². The first kappa shape index (κ1) is 19.4. The maximum absolute atomic E-state index is 12.8. The van der Waals surface area contributed by atoms with Crippen LogP contribution in [-0.2, 0) is 11.3 Å². The molecule has 29 heavy (non-hydrogen) atoms. The van der Waals surface area contributed by atoms with E-state index < -0.39 is 0 Å². The van der Waals surface area contributed by atoms with Gasteiger partial charge in [-0.25, -0.2) is 4.98 Å². The van der Waals surface area contributed by atoms with Crippen LogP contribution in [0.4, 0.5) is 5.82 Å². The van der Waals surface area contributed by atoms with Gasteiger partial charge in [-0.15, -0.1) is 0 Å². The Balaban J connectivity index is 1.30. The molecule has 1 saturated heterocycles. The Hall–Kier alpha value is -2.96. The van der Waals surface area contributed by atoms with E-state index in [0.717, 1.165) is 37.1 Å². The van der Waals surface area contributed by atoms with Crippen molar-refractivity contribution >= 4 is 17.6 Å². The van der Waals surface area contributed by atoms with Crippen molar-refractivity contribution in [1.82, 2.24) is 19.8 Å². The standard InChI is InChI=1S/C22H27N5O2/c1-26(21(28)17-5-2-6-17)19-9-11-27(15-19)22(29)18-7-8-20(25-14-18)24-13-16-4-3-10-23-12-16/h3-4,7-8,10,12,14,17,19H,2,5-6,9,11,13,15H2,1H3,(H,24,25)/t19-/m0/s1. The second-order valence-corrected chi connectivity index (χ2v) is 7.92. The van der Waals surface area contributed by atoms with Crippen molar-refractivity contribution in [3.8, 4) is 0 Å². The lowest BCUT2D eigenvalue weighted by atomic mass is 9.84. The van der Waals surface area contributed by atoms with E-state index in [2.05, 4.69) is 15.3 Å². The number of anilines is 1. The molecule has 0 bridgehead atoms. The lowest BCUT2D eigenvalue weighted by Gasteiger charge is -2.32. The third-order valence-electron chi connectivity index (χ3n) is 6.01. The van der Waals surface area contributed by atoms with E-state index in [1.165, 1.54) is 0 Å². The number of likely N-dealkylation sites (tertiary alicyclic amines) is 1. The third kappa shape index (κ3) is 4.39. The minimum absolute atomic E-state index is 0.0247. The number of likely N-dealkylation sites (N-methyl/N-ethyl adjacent to an activating group) is 1.